The maximum atomic E-state index is 13.2. The second kappa shape index (κ2) is 8.47. The maximum absolute atomic E-state index is 13.2. The highest BCUT2D eigenvalue weighted by Crippen LogP contribution is 2.34. The number of hydrogen-bond acceptors (Lipinski definition) is 4. The van der Waals surface area contributed by atoms with Crippen molar-refractivity contribution < 1.29 is 19.1 Å². The zero-order valence-corrected chi connectivity index (χ0v) is 16.0. The number of para-hydroxylation sites is 3. The molecule has 1 aliphatic rings. The molecule has 7 nitrogen and oxygen atoms in total. The van der Waals surface area contributed by atoms with Gasteiger partial charge in [-0.1, -0.05) is 30.3 Å². The molecule has 3 rings (SSSR count). The topological polar surface area (TPSA) is 88.7 Å². The molecule has 1 aliphatic heterocycles. The maximum Gasteiger partial charge on any atom is 0.319 e. The summed E-state index contributed by atoms with van der Waals surface area (Å²) < 4.78 is 11.0. The number of carbonyl (C=O) groups excluding carboxylic acids is 2. The van der Waals surface area contributed by atoms with Gasteiger partial charge in [-0.2, -0.15) is 0 Å². The molecule has 2 aromatic carbocycles. The molecule has 0 saturated carbocycles. The van der Waals surface area contributed by atoms with Crippen LogP contribution in [-0.2, 0) is 4.79 Å². The first kappa shape index (κ1) is 19.3. The predicted molar refractivity (Wildman–Crippen MR) is 106 cm³/mol. The van der Waals surface area contributed by atoms with E-state index >= 15 is 0 Å². The van der Waals surface area contributed by atoms with Gasteiger partial charge in [0, 0.05) is 11.3 Å². The van der Waals surface area contributed by atoms with Gasteiger partial charge in [0.1, 0.15) is 11.5 Å². The van der Waals surface area contributed by atoms with E-state index in [2.05, 4.69) is 16.0 Å². The molecule has 7 heteroatoms. The lowest BCUT2D eigenvalue weighted by atomic mass is 9.94. The summed E-state index contributed by atoms with van der Waals surface area (Å²) in [6.07, 6.45) is 0. The summed E-state index contributed by atoms with van der Waals surface area (Å²) in [5.41, 5.74) is 2.13. The van der Waals surface area contributed by atoms with E-state index in [-0.39, 0.29) is 11.9 Å². The number of ether oxygens (including phenoxy) is 2. The minimum absolute atomic E-state index is 0.340. The van der Waals surface area contributed by atoms with Gasteiger partial charge in [0.05, 0.1) is 31.0 Å². The highest BCUT2D eigenvalue weighted by Gasteiger charge is 2.33. The van der Waals surface area contributed by atoms with Crippen LogP contribution in [0.2, 0.25) is 0 Å². The molecule has 1 unspecified atom stereocenters. The van der Waals surface area contributed by atoms with Crippen LogP contribution >= 0.6 is 0 Å². The number of methoxy groups -OCH3 is 1. The second-order valence-electron chi connectivity index (χ2n) is 6.20. The number of anilines is 1. The molecular formula is C21H23N3O4. The van der Waals surface area contributed by atoms with Crippen molar-refractivity contribution in [3.63, 3.8) is 0 Å². The quantitative estimate of drug-likeness (QED) is 0.716. The van der Waals surface area contributed by atoms with Crippen molar-refractivity contribution in [2.75, 3.05) is 19.0 Å². The van der Waals surface area contributed by atoms with Gasteiger partial charge >= 0.3 is 6.03 Å². The third-order valence-electron chi connectivity index (χ3n) is 4.40. The Morgan fingerprint density at radius 2 is 1.79 bits per heavy atom. The minimum atomic E-state index is -0.649. The number of allylic oxidation sites excluding steroid dienone is 1. The largest absolute Gasteiger partial charge is 0.496 e. The number of carbonyl (C=O) groups is 2. The lowest BCUT2D eigenvalue weighted by Gasteiger charge is -2.29. The lowest BCUT2D eigenvalue weighted by Crippen LogP contribution is -2.46. The number of amides is 3. The fourth-order valence-corrected chi connectivity index (χ4v) is 3.17. The van der Waals surface area contributed by atoms with E-state index in [1.165, 1.54) is 0 Å². The molecule has 1 heterocycles. The summed E-state index contributed by atoms with van der Waals surface area (Å²) in [6.45, 7) is 4.06. The molecule has 0 bridgehead atoms. The Morgan fingerprint density at radius 1 is 1.11 bits per heavy atom. The van der Waals surface area contributed by atoms with Crippen LogP contribution in [0.4, 0.5) is 10.5 Å². The van der Waals surface area contributed by atoms with Crippen molar-refractivity contribution in [1.29, 1.82) is 0 Å². The predicted octanol–water partition coefficient (Wildman–Crippen LogP) is 3.36. The molecule has 28 heavy (non-hydrogen) atoms. The summed E-state index contributed by atoms with van der Waals surface area (Å²) in [4.78, 5) is 25.2. The Labute approximate surface area is 163 Å². The number of hydrogen-bond donors (Lipinski definition) is 3. The fourth-order valence-electron chi connectivity index (χ4n) is 3.17. The van der Waals surface area contributed by atoms with Gasteiger partial charge in [0.25, 0.3) is 5.91 Å². The third kappa shape index (κ3) is 3.93. The van der Waals surface area contributed by atoms with Crippen molar-refractivity contribution in [2.24, 2.45) is 0 Å². The highest BCUT2D eigenvalue weighted by molar-refractivity contribution is 6.07. The van der Waals surface area contributed by atoms with Crippen molar-refractivity contribution in [3.8, 4) is 11.5 Å². The van der Waals surface area contributed by atoms with Crippen LogP contribution in [0, 0.1) is 0 Å². The first-order valence-corrected chi connectivity index (χ1v) is 8.99. The van der Waals surface area contributed by atoms with E-state index in [0.717, 1.165) is 0 Å². The summed E-state index contributed by atoms with van der Waals surface area (Å²) in [5.74, 6) is 0.828. The van der Waals surface area contributed by atoms with Crippen LogP contribution in [0.1, 0.15) is 25.5 Å². The Kier molecular flexibility index (Phi) is 5.84. The van der Waals surface area contributed by atoms with E-state index in [1.807, 2.05) is 37.3 Å². The van der Waals surface area contributed by atoms with Crippen molar-refractivity contribution in [1.82, 2.24) is 10.6 Å². The monoisotopic (exact) mass is 381 g/mol. The average Bonchev–Trinajstić information content (AvgIpc) is 2.69. The molecule has 2 aromatic rings. The minimum Gasteiger partial charge on any atom is -0.496 e. The Morgan fingerprint density at radius 3 is 2.50 bits per heavy atom. The highest BCUT2D eigenvalue weighted by atomic mass is 16.5. The fraction of sp³-hybridized carbons (Fsp3) is 0.238. The van der Waals surface area contributed by atoms with Crippen LogP contribution in [0.25, 0.3) is 0 Å². The summed E-state index contributed by atoms with van der Waals surface area (Å²) in [5, 5.41) is 8.38. The van der Waals surface area contributed by atoms with Crippen LogP contribution in [0.5, 0.6) is 11.5 Å². The summed E-state index contributed by atoms with van der Waals surface area (Å²) >= 11 is 0. The van der Waals surface area contributed by atoms with Crippen molar-refractivity contribution >= 4 is 17.6 Å². The van der Waals surface area contributed by atoms with E-state index in [4.69, 9.17) is 9.47 Å². The molecular weight excluding hydrogens is 358 g/mol. The van der Waals surface area contributed by atoms with Gasteiger partial charge in [0.15, 0.2) is 0 Å². The van der Waals surface area contributed by atoms with E-state index in [1.54, 1.807) is 32.2 Å². The van der Waals surface area contributed by atoms with Crippen LogP contribution in [-0.4, -0.2) is 25.7 Å². The molecule has 3 amide bonds. The zero-order chi connectivity index (χ0) is 20.1. The molecule has 0 spiro atoms. The third-order valence-corrected chi connectivity index (χ3v) is 4.40. The number of rotatable bonds is 6. The number of urea groups is 1. The second-order valence-corrected chi connectivity index (χ2v) is 6.20. The van der Waals surface area contributed by atoms with Gasteiger partial charge in [0.2, 0.25) is 0 Å². The molecule has 0 saturated heterocycles. The molecule has 0 aliphatic carbocycles. The van der Waals surface area contributed by atoms with E-state index in [0.29, 0.717) is 40.6 Å². The van der Waals surface area contributed by atoms with Gasteiger partial charge in [-0.15, -0.1) is 0 Å². The van der Waals surface area contributed by atoms with Gasteiger partial charge in [-0.25, -0.2) is 4.79 Å². The Hall–Kier alpha value is -3.48. The first-order valence-electron chi connectivity index (χ1n) is 8.99. The molecule has 3 N–H and O–H groups in total. The lowest BCUT2D eigenvalue weighted by molar-refractivity contribution is -0.113. The average molecular weight is 381 g/mol. The summed E-state index contributed by atoms with van der Waals surface area (Å²) in [6, 6.07) is 13.5. The summed E-state index contributed by atoms with van der Waals surface area (Å²) in [7, 11) is 1.55. The molecule has 146 valence electrons. The smallest absolute Gasteiger partial charge is 0.319 e. The molecule has 1 atom stereocenters. The Bertz CT molecular complexity index is 923. The molecule has 0 radical (unpaired) electrons. The molecule has 0 aromatic heterocycles. The van der Waals surface area contributed by atoms with Gasteiger partial charge in [-0.05, 0) is 32.0 Å². The van der Waals surface area contributed by atoms with Crippen LogP contribution in [0.15, 0.2) is 59.8 Å². The zero-order valence-electron chi connectivity index (χ0n) is 16.0. The number of nitrogens with one attached hydrogen (secondary N) is 3. The normalized spacial score (nSPS) is 16.1. The van der Waals surface area contributed by atoms with Crippen molar-refractivity contribution in [3.05, 3.63) is 65.4 Å². The van der Waals surface area contributed by atoms with Gasteiger partial charge in [-0.3, -0.25) is 4.79 Å². The van der Waals surface area contributed by atoms with Crippen LogP contribution < -0.4 is 25.4 Å². The van der Waals surface area contributed by atoms with E-state index < -0.39 is 6.04 Å². The Balaban J connectivity index is 1.98. The van der Waals surface area contributed by atoms with Crippen molar-refractivity contribution in [2.45, 2.75) is 19.9 Å². The first-order chi connectivity index (χ1) is 13.5. The SMILES string of the molecule is CCOc1ccccc1NC(=O)C1=C(C)NC(=O)NC1c1ccccc1OC. The molecule has 0 fully saturated rings. The van der Waals surface area contributed by atoms with Gasteiger partial charge < -0.3 is 25.4 Å². The standard InChI is InChI=1S/C21H23N3O4/c1-4-28-17-12-8-6-10-15(17)23-20(25)18-13(2)22-21(26)24-19(18)14-9-5-7-11-16(14)27-3/h5-12,19H,4H2,1-3H3,(H,23,25)(H2,22,24,26). The van der Waals surface area contributed by atoms with Crippen LogP contribution in [0.3, 0.4) is 0 Å². The van der Waals surface area contributed by atoms with E-state index in [9.17, 15) is 9.59 Å². The number of benzene rings is 2.